The molecule has 5 N–H and O–H groups in total. The van der Waals surface area contributed by atoms with Gasteiger partial charge >= 0.3 is 22.6 Å². The fourth-order valence-electron chi connectivity index (χ4n) is 3.14. The molecular formula is C16H19N3O9S4. The van der Waals surface area contributed by atoms with E-state index in [4.69, 9.17) is 14.7 Å². The molecule has 0 aliphatic carbocycles. The molecule has 176 valence electrons. The van der Waals surface area contributed by atoms with Crippen molar-refractivity contribution < 1.29 is 43.1 Å². The van der Waals surface area contributed by atoms with Crippen LogP contribution in [0.25, 0.3) is 0 Å². The van der Waals surface area contributed by atoms with Crippen molar-refractivity contribution in [3.8, 4) is 0 Å². The van der Waals surface area contributed by atoms with Crippen LogP contribution in [0.4, 0.5) is 14.4 Å². The maximum Gasteiger partial charge on any atom is 0.404 e. The Kier molecular flexibility index (Phi) is 6.99. The number of primary amides is 1. The van der Waals surface area contributed by atoms with Crippen LogP contribution in [0.5, 0.6) is 0 Å². The minimum absolute atomic E-state index is 0.0128. The summed E-state index contributed by atoms with van der Waals surface area (Å²) in [6.45, 7) is -0.363. The van der Waals surface area contributed by atoms with Crippen molar-refractivity contribution in [2.75, 3.05) is 19.5 Å². The van der Waals surface area contributed by atoms with Crippen LogP contribution in [-0.2, 0) is 20.1 Å². The smallest absolute Gasteiger partial charge is 0.404 e. The number of fused-ring (bicyclic) bond motifs is 1. The van der Waals surface area contributed by atoms with Gasteiger partial charge in [0.05, 0.1) is 24.0 Å². The zero-order valence-corrected chi connectivity index (χ0v) is 19.7. The molecule has 1 aromatic heterocycles. The Hall–Kier alpha value is -2.40. The lowest BCUT2D eigenvalue weighted by atomic mass is 10.2. The topological polar surface area (TPSA) is 186 Å². The molecule has 1 fully saturated rings. The normalized spacial score (nSPS) is 28.7. The SMILES string of the molecule is C=S1CC(COC(N)=O)=S(C(=O)O)N2C(=O)S(NC(=O)Cc3ccsc3C(=O)O)(OC)[C@@H]21. The molecule has 3 heterocycles. The fourth-order valence-corrected chi connectivity index (χ4v) is 13.0. The van der Waals surface area contributed by atoms with Gasteiger partial charge in [0.1, 0.15) is 11.5 Å². The van der Waals surface area contributed by atoms with E-state index in [1.54, 1.807) is 5.38 Å². The minimum Gasteiger partial charge on any atom is -0.477 e. The van der Waals surface area contributed by atoms with Crippen molar-refractivity contribution >= 4 is 82.2 Å². The second kappa shape index (κ2) is 9.22. The summed E-state index contributed by atoms with van der Waals surface area (Å²) in [6.07, 6.45) is -1.37. The summed E-state index contributed by atoms with van der Waals surface area (Å²) in [5.41, 5.74) is 5.25. The average Bonchev–Trinajstić information content (AvgIpc) is 3.17. The number of thiophene rings is 1. The molecule has 3 amide bonds. The third-order valence-electron chi connectivity index (χ3n) is 4.38. The summed E-state index contributed by atoms with van der Waals surface area (Å²) in [5, 5.41) is 18.5. The first kappa shape index (κ1) is 24.2. The van der Waals surface area contributed by atoms with E-state index >= 15 is 0 Å². The Morgan fingerprint density at radius 1 is 1.41 bits per heavy atom. The lowest BCUT2D eigenvalue weighted by molar-refractivity contribution is -0.118. The average molecular weight is 526 g/mol. The number of aromatic carboxylic acids is 1. The number of nitrogens with one attached hydrogen (secondary N) is 1. The third kappa shape index (κ3) is 4.15. The molecule has 3 unspecified atom stereocenters. The molecule has 2 aliphatic rings. The number of ether oxygens (including phenoxy) is 1. The number of hydrogen-bond donors (Lipinski definition) is 4. The molecule has 1 aromatic rings. The highest BCUT2D eigenvalue weighted by molar-refractivity contribution is 8.52. The van der Waals surface area contributed by atoms with E-state index in [1.807, 2.05) is 0 Å². The van der Waals surface area contributed by atoms with Crippen molar-refractivity contribution in [1.82, 2.24) is 9.03 Å². The Bertz CT molecular complexity index is 1080. The number of hydrogen-bond acceptors (Lipinski definition) is 8. The molecule has 0 spiro atoms. The number of carbonyl (C=O) groups is 5. The second-order valence-corrected chi connectivity index (χ2v) is 13.8. The summed E-state index contributed by atoms with van der Waals surface area (Å²) < 4.78 is 13.1. The number of carbonyl (C=O) groups excluding carboxylic acids is 3. The first-order chi connectivity index (χ1) is 15.0. The molecule has 1 saturated heterocycles. The van der Waals surface area contributed by atoms with Crippen LogP contribution < -0.4 is 10.5 Å². The van der Waals surface area contributed by atoms with Gasteiger partial charge in [-0.05, 0) is 17.0 Å². The maximum absolute atomic E-state index is 13.1. The molecule has 32 heavy (non-hydrogen) atoms. The van der Waals surface area contributed by atoms with Gasteiger partial charge < -0.3 is 24.9 Å². The standard InChI is InChI=1S/C16H19N3O9S4/c1-27-32(18-10(20)5-8-3-4-29-11(8)12(21)22)14(24)19-15(32)30(2)7-9(6-28-13(17)23)31(19)16(25)26/h3-4,15H,2,5-7H2,1H3,(H2,17,23)(H,18,20)(H,21,22)(H,25,26)/t15-,30?,31?/m0/s1. The highest BCUT2D eigenvalue weighted by Gasteiger charge is 2.63. The predicted molar refractivity (Wildman–Crippen MR) is 124 cm³/mol. The van der Waals surface area contributed by atoms with Crippen LogP contribution >= 0.6 is 43.0 Å². The molecule has 3 rings (SSSR count). The Morgan fingerprint density at radius 2 is 2.09 bits per heavy atom. The van der Waals surface area contributed by atoms with Gasteiger partial charge in [-0.2, -0.15) is 10.5 Å². The van der Waals surface area contributed by atoms with E-state index in [0.717, 1.165) is 15.6 Å². The Labute approximate surface area is 192 Å². The summed E-state index contributed by atoms with van der Waals surface area (Å²) >= 11 is 0.973. The zero-order valence-electron chi connectivity index (χ0n) is 16.5. The van der Waals surface area contributed by atoms with Crippen LogP contribution in [-0.4, -0.2) is 77.9 Å². The molecule has 0 saturated carbocycles. The molecule has 4 atom stereocenters. The first-order valence-electron chi connectivity index (χ1n) is 8.58. The van der Waals surface area contributed by atoms with Crippen LogP contribution in [0.1, 0.15) is 15.2 Å². The van der Waals surface area contributed by atoms with Crippen molar-refractivity contribution in [3.63, 3.8) is 0 Å². The molecular weight excluding hydrogens is 506 g/mol. The summed E-state index contributed by atoms with van der Waals surface area (Å²) in [5.74, 6) is 2.36. The monoisotopic (exact) mass is 525 g/mol. The number of amides is 3. The van der Waals surface area contributed by atoms with Crippen LogP contribution in [0.2, 0.25) is 0 Å². The fraction of sp³-hybridized carbons (Fsp3) is 0.312. The molecule has 0 bridgehead atoms. The van der Waals surface area contributed by atoms with Gasteiger partial charge in [-0.3, -0.25) is 14.3 Å². The predicted octanol–water partition coefficient (Wildman–Crippen LogP) is 1.95. The van der Waals surface area contributed by atoms with Gasteiger partial charge in [-0.15, -0.1) is 11.3 Å². The Balaban J connectivity index is 1.88. The third-order valence-corrected chi connectivity index (χ3v) is 13.5. The summed E-state index contributed by atoms with van der Waals surface area (Å²) in [6, 6.07) is 1.51. The van der Waals surface area contributed by atoms with Crippen LogP contribution in [0, 0.1) is 0 Å². The quantitative estimate of drug-likeness (QED) is 0.386. The van der Waals surface area contributed by atoms with Crippen molar-refractivity contribution in [2.24, 2.45) is 5.73 Å². The maximum atomic E-state index is 13.1. The van der Waals surface area contributed by atoms with E-state index in [-0.39, 0.29) is 34.1 Å². The molecule has 16 heteroatoms. The van der Waals surface area contributed by atoms with E-state index in [0.29, 0.717) is 0 Å². The van der Waals surface area contributed by atoms with Gasteiger partial charge in [-0.25, -0.2) is 18.7 Å². The molecule has 2 aliphatic heterocycles. The van der Waals surface area contributed by atoms with E-state index in [2.05, 4.69) is 10.6 Å². The van der Waals surface area contributed by atoms with E-state index < -0.39 is 64.9 Å². The van der Waals surface area contributed by atoms with Crippen molar-refractivity contribution in [2.45, 2.75) is 11.1 Å². The van der Waals surface area contributed by atoms with Gasteiger partial charge in [-0.1, -0.05) is 5.87 Å². The van der Waals surface area contributed by atoms with Gasteiger partial charge in [0.2, 0.25) is 5.91 Å². The number of rotatable bonds is 7. The van der Waals surface area contributed by atoms with Crippen molar-refractivity contribution in [3.05, 3.63) is 21.9 Å². The van der Waals surface area contributed by atoms with E-state index in [1.165, 1.54) is 13.2 Å². The number of nitrogens with zero attached hydrogens (tertiary/aromatic N) is 1. The Morgan fingerprint density at radius 3 is 2.66 bits per heavy atom. The van der Waals surface area contributed by atoms with Crippen LogP contribution in [0.15, 0.2) is 11.4 Å². The minimum atomic E-state index is -2.93. The summed E-state index contributed by atoms with van der Waals surface area (Å²) in [7, 11) is -4.30. The van der Waals surface area contributed by atoms with Crippen molar-refractivity contribution in [1.29, 1.82) is 0 Å². The molecule has 12 nitrogen and oxygen atoms in total. The van der Waals surface area contributed by atoms with Gasteiger partial charge in [0.15, 0.2) is 4.71 Å². The summed E-state index contributed by atoms with van der Waals surface area (Å²) in [4.78, 5) is 60.2. The van der Waals surface area contributed by atoms with Gasteiger partial charge in [0.25, 0.3) is 0 Å². The number of carboxylic acid groups (broad SMARTS) is 2. The molecule has 0 aromatic carbocycles. The lowest BCUT2D eigenvalue weighted by Crippen LogP contribution is -2.62. The number of nitrogens with two attached hydrogens (primary N) is 1. The van der Waals surface area contributed by atoms with Gasteiger partial charge in [0, 0.05) is 21.3 Å². The largest absolute Gasteiger partial charge is 0.477 e. The van der Waals surface area contributed by atoms with E-state index in [9.17, 15) is 34.2 Å². The first-order valence-corrected chi connectivity index (χ1v) is 13.9. The molecule has 0 radical (unpaired) electrons. The highest BCUT2D eigenvalue weighted by atomic mass is 32.3. The highest BCUT2D eigenvalue weighted by Crippen LogP contribution is 2.71. The zero-order chi connectivity index (χ0) is 23.8. The van der Waals surface area contributed by atoms with Crippen LogP contribution in [0.3, 0.4) is 0 Å². The number of carboxylic acids is 1. The second-order valence-electron chi connectivity index (χ2n) is 6.33. The lowest BCUT2D eigenvalue weighted by Gasteiger charge is -2.59.